The number of nitrogens with zero attached hydrogens (tertiary/aromatic N) is 2. The first-order chi connectivity index (χ1) is 13.4. The fraction of sp³-hybridized carbons (Fsp3) is 0. The van der Waals surface area contributed by atoms with E-state index in [1.54, 1.807) is 0 Å². The van der Waals surface area contributed by atoms with Crippen LogP contribution in [0.25, 0.3) is 33.2 Å². The second-order valence-corrected chi connectivity index (χ2v) is 6.27. The third-order valence-corrected chi connectivity index (χ3v) is 4.51. The second-order valence-electron chi connectivity index (χ2n) is 6.27. The fourth-order valence-corrected chi connectivity index (χ4v) is 3.20. The summed E-state index contributed by atoms with van der Waals surface area (Å²) in [7, 11) is 0. The minimum atomic E-state index is 0.683. The summed E-state index contributed by atoms with van der Waals surface area (Å²) in [5, 5.41) is 1.12. The Balaban J connectivity index is 1.76. The van der Waals surface area contributed by atoms with E-state index in [9.17, 15) is 0 Å². The average Bonchev–Trinajstić information content (AvgIpc) is 3.16. The Bertz CT molecular complexity index is 1320. The van der Waals surface area contributed by atoms with Crippen LogP contribution in [0.1, 0.15) is 11.3 Å². The van der Waals surface area contributed by atoms with E-state index < -0.39 is 0 Å². The zero-order chi connectivity index (χ0) is 18.1. The van der Waals surface area contributed by atoms with E-state index in [0.29, 0.717) is 5.69 Å². The lowest BCUT2D eigenvalue weighted by atomic mass is 10.1. The predicted octanol–water partition coefficient (Wildman–Crippen LogP) is 5.18. The number of rotatable bonds is 1. The fourth-order valence-electron chi connectivity index (χ4n) is 3.20. The van der Waals surface area contributed by atoms with Crippen LogP contribution in [0.3, 0.4) is 0 Å². The molecule has 1 N–H and O–H groups in total. The van der Waals surface area contributed by atoms with Gasteiger partial charge in [0.2, 0.25) is 0 Å². The highest BCUT2D eigenvalue weighted by atomic mass is 14.8. The molecule has 0 saturated carbocycles. The molecule has 0 amide bonds. The van der Waals surface area contributed by atoms with Gasteiger partial charge in [0, 0.05) is 28.2 Å². The molecule has 2 heterocycles. The zero-order valence-corrected chi connectivity index (χ0v) is 14.5. The number of aromatic nitrogens is 3. The summed E-state index contributed by atoms with van der Waals surface area (Å²) in [6.07, 6.45) is 1.98. The molecule has 5 aromatic rings. The summed E-state index contributed by atoms with van der Waals surface area (Å²) < 4.78 is 0. The van der Waals surface area contributed by atoms with E-state index in [1.165, 1.54) is 0 Å². The molecule has 27 heavy (non-hydrogen) atoms. The molecule has 0 aliphatic rings. The lowest BCUT2D eigenvalue weighted by molar-refractivity contribution is 1.26. The smallest absolute Gasteiger partial charge is 0.140 e. The minimum Gasteiger partial charge on any atom is -0.360 e. The maximum Gasteiger partial charge on any atom is 0.140 e. The van der Waals surface area contributed by atoms with Crippen molar-refractivity contribution in [3.8, 4) is 23.1 Å². The molecule has 3 heteroatoms. The molecule has 0 spiro atoms. The van der Waals surface area contributed by atoms with Gasteiger partial charge >= 0.3 is 0 Å². The van der Waals surface area contributed by atoms with Crippen LogP contribution >= 0.6 is 0 Å². The molecule has 0 bridgehead atoms. The number of para-hydroxylation sites is 3. The monoisotopic (exact) mass is 345 g/mol. The summed E-state index contributed by atoms with van der Waals surface area (Å²) in [6.45, 7) is 0. The first kappa shape index (κ1) is 15.4. The summed E-state index contributed by atoms with van der Waals surface area (Å²) in [4.78, 5) is 13.0. The van der Waals surface area contributed by atoms with Crippen molar-refractivity contribution in [2.45, 2.75) is 0 Å². The molecule has 0 fully saturated rings. The maximum atomic E-state index is 4.90. The largest absolute Gasteiger partial charge is 0.360 e. The molecule has 0 atom stereocenters. The maximum absolute atomic E-state index is 4.90. The molecule has 0 unspecified atom stereocenters. The molecule has 0 aliphatic carbocycles. The Hall–Kier alpha value is -3.90. The van der Waals surface area contributed by atoms with E-state index in [0.717, 1.165) is 38.8 Å². The Labute approximate surface area is 156 Å². The van der Waals surface area contributed by atoms with Crippen LogP contribution in [0.5, 0.6) is 0 Å². The Morgan fingerprint density at radius 3 is 2.22 bits per heavy atom. The van der Waals surface area contributed by atoms with Crippen LogP contribution in [0.15, 0.2) is 85.1 Å². The Kier molecular flexibility index (Phi) is 3.66. The van der Waals surface area contributed by atoms with Gasteiger partial charge in [-0.05, 0) is 36.3 Å². The number of hydrogen-bond donors (Lipinski definition) is 1. The van der Waals surface area contributed by atoms with Gasteiger partial charge in [0.25, 0.3) is 0 Å². The molecule has 126 valence electrons. The molecule has 0 radical (unpaired) electrons. The van der Waals surface area contributed by atoms with Crippen molar-refractivity contribution < 1.29 is 0 Å². The van der Waals surface area contributed by atoms with E-state index in [1.807, 2.05) is 72.9 Å². The van der Waals surface area contributed by atoms with Gasteiger partial charge < -0.3 is 4.98 Å². The number of benzene rings is 3. The van der Waals surface area contributed by atoms with Crippen molar-refractivity contribution in [2.75, 3.05) is 0 Å². The molecule has 2 aromatic heterocycles. The van der Waals surface area contributed by atoms with Gasteiger partial charge in [-0.15, -0.1) is 0 Å². The van der Waals surface area contributed by atoms with E-state index in [4.69, 9.17) is 9.97 Å². The molecule has 0 saturated heterocycles. The summed E-state index contributed by atoms with van der Waals surface area (Å²) in [6, 6.07) is 26.0. The van der Waals surface area contributed by atoms with Crippen LogP contribution in [0.4, 0.5) is 0 Å². The lowest BCUT2D eigenvalue weighted by Gasteiger charge is -2.05. The van der Waals surface area contributed by atoms with Gasteiger partial charge in [0.1, 0.15) is 11.4 Å². The molecule has 3 aromatic carbocycles. The normalized spacial score (nSPS) is 10.7. The van der Waals surface area contributed by atoms with Crippen molar-refractivity contribution in [1.29, 1.82) is 0 Å². The number of hydrogen-bond acceptors (Lipinski definition) is 2. The van der Waals surface area contributed by atoms with Crippen LogP contribution < -0.4 is 0 Å². The van der Waals surface area contributed by atoms with Gasteiger partial charge in [-0.2, -0.15) is 0 Å². The molecule has 0 aliphatic heterocycles. The quantitative estimate of drug-likeness (QED) is 0.425. The highest BCUT2D eigenvalue weighted by molar-refractivity contribution is 5.96. The molecular formula is C24H15N3. The highest BCUT2D eigenvalue weighted by Gasteiger charge is 2.13. The first-order valence-electron chi connectivity index (χ1n) is 8.79. The second kappa shape index (κ2) is 6.44. The minimum absolute atomic E-state index is 0.683. The standard InChI is InChI=1S/C24H15N3/c1-2-8-17(9-3-1)14-15-23-24(27-22-13-7-6-12-21(22)26-23)19-16-25-20-11-5-4-10-18(19)20/h1-13,16,25H. The molecule has 3 nitrogen and oxygen atoms in total. The molecule has 5 rings (SSSR count). The van der Waals surface area contributed by atoms with Crippen LogP contribution in [0, 0.1) is 11.8 Å². The van der Waals surface area contributed by atoms with E-state index >= 15 is 0 Å². The van der Waals surface area contributed by atoms with Gasteiger partial charge in [0.05, 0.1) is 11.0 Å². The van der Waals surface area contributed by atoms with Crippen LogP contribution in [-0.4, -0.2) is 15.0 Å². The summed E-state index contributed by atoms with van der Waals surface area (Å²) in [5.74, 6) is 6.45. The average molecular weight is 345 g/mol. The van der Waals surface area contributed by atoms with Gasteiger partial charge in [-0.3, -0.25) is 0 Å². The number of fused-ring (bicyclic) bond motifs is 2. The number of aromatic amines is 1. The SMILES string of the molecule is C(#Cc1nc2ccccc2nc1-c1c[nH]c2ccccc12)c1ccccc1. The van der Waals surface area contributed by atoms with Crippen molar-refractivity contribution in [2.24, 2.45) is 0 Å². The van der Waals surface area contributed by atoms with Gasteiger partial charge in [-0.1, -0.05) is 54.5 Å². The van der Waals surface area contributed by atoms with Crippen molar-refractivity contribution in [3.05, 3.63) is 96.3 Å². The highest BCUT2D eigenvalue weighted by Crippen LogP contribution is 2.30. The van der Waals surface area contributed by atoms with E-state index in [-0.39, 0.29) is 0 Å². The van der Waals surface area contributed by atoms with E-state index in [2.05, 4.69) is 29.0 Å². The zero-order valence-electron chi connectivity index (χ0n) is 14.5. The summed E-state index contributed by atoms with van der Waals surface area (Å²) >= 11 is 0. The van der Waals surface area contributed by atoms with Gasteiger partial charge in [-0.25, -0.2) is 9.97 Å². The van der Waals surface area contributed by atoms with Crippen molar-refractivity contribution >= 4 is 21.9 Å². The number of nitrogens with one attached hydrogen (secondary N) is 1. The van der Waals surface area contributed by atoms with Gasteiger partial charge in [0.15, 0.2) is 0 Å². The third kappa shape index (κ3) is 2.84. The Morgan fingerprint density at radius 2 is 1.37 bits per heavy atom. The molecular weight excluding hydrogens is 330 g/mol. The topological polar surface area (TPSA) is 41.6 Å². The Morgan fingerprint density at radius 1 is 0.667 bits per heavy atom. The summed E-state index contributed by atoms with van der Waals surface area (Å²) in [5.41, 5.74) is 6.24. The number of H-pyrrole nitrogens is 1. The van der Waals surface area contributed by atoms with Crippen molar-refractivity contribution in [1.82, 2.24) is 15.0 Å². The first-order valence-corrected chi connectivity index (χ1v) is 8.79. The van der Waals surface area contributed by atoms with Crippen LogP contribution in [-0.2, 0) is 0 Å². The lowest BCUT2D eigenvalue weighted by Crippen LogP contribution is -1.95. The van der Waals surface area contributed by atoms with Crippen molar-refractivity contribution in [3.63, 3.8) is 0 Å². The predicted molar refractivity (Wildman–Crippen MR) is 109 cm³/mol. The van der Waals surface area contributed by atoms with Crippen LogP contribution in [0.2, 0.25) is 0 Å². The third-order valence-electron chi connectivity index (χ3n) is 4.51.